The first kappa shape index (κ1) is 5.20. The molecule has 0 bridgehead atoms. The fourth-order valence-corrected chi connectivity index (χ4v) is 1.24. The molecule has 0 amide bonds. The van der Waals surface area contributed by atoms with Crippen LogP contribution in [0.15, 0.2) is 0 Å². The van der Waals surface area contributed by atoms with Crippen LogP contribution in [0, 0.1) is 0 Å². The van der Waals surface area contributed by atoms with E-state index < -0.39 is 7.80 Å². The number of ether oxygens (including phenoxy) is 1. The van der Waals surface area contributed by atoms with Crippen LogP contribution in [0.25, 0.3) is 0 Å². The van der Waals surface area contributed by atoms with Crippen LogP contribution in [-0.2, 0) is 9.30 Å². The maximum Gasteiger partial charge on any atom is 0.372 e. The maximum atomic E-state index is 10.6. The average molecular weight is 119 g/mol. The molecule has 1 saturated heterocycles. The Labute approximate surface area is 43.6 Å². The van der Waals surface area contributed by atoms with Crippen molar-refractivity contribution in [2.24, 2.45) is 0 Å². The minimum atomic E-state index is -0.998. The summed E-state index contributed by atoms with van der Waals surface area (Å²) in [6.07, 6.45) is 0.764. The highest BCUT2D eigenvalue weighted by Gasteiger charge is 2.40. The van der Waals surface area contributed by atoms with Gasteiger partial charge in [0.15, 0.2) is 0 Å². The summed E-state index contributed by atoms with van der Waals surface area (Å²) in [5.74, 6) is 0.125. The summed E-state index contributed by atoms with van der Waals surface area (Å²) >= 11 is 0. The van der Waals surface area contributed by atoms with Crippen LogP contribution in [0.3, 0.4) is 0 Å². The van der Waals surface area contributed by atoms with Gasteiger partial charge in [-0.2, -0.15) is 0 Å². The Balaban J connectivity index is 2.24. The second-order valence-electron chi connectivity index (χ2n) is 1.52. The molecular formula is C4H8O2P+. The monoisotopic (exact) mass is 119 g/mol. The largest absolute Gasteiger partial charge is 0.372 e. The first-order valence-corrected chi connectivity index (χ1v) is 3.91. The molecule has 0 N–H and O–H groups in total. The van der Waals surface area contributed by atoms with Gasteiger partial charge in [-0.05, 0) is 6.92 Å². The molecule has 1 rings (SSSR count). The maximum absolute atomic E-state index is 10.6. The van der Waals surface area contributed by atoms with Crippen molar-refractivity contribution in [2.45, 2.75) is 12.8 Å². The average Bonchev–Trinajstić information content (AvgIpc) is 2.44. The smallest absolute Gasteiger partial charge is 0.326 e. The first-order valence-electron chi connectivity index (χ1n) is 2.40. The standard InChI is InChI=1S/C4H8O2P/c1-2-7(5)4-3-6-4/h4H,2-3H2,1H3/q+1. The second kappa shape index (κ2) is 1.89. The molecule has 2 nitrogen and oxygen atoms in total. The van der Waals surface area contributed by atoms with Gasteiger partial charge in [0, 0.05) is 0 Å². The van der Waals surface area contributed by atoms with Crippen LogP contribution in [0.5, 0.6) is 0 Å². The van der Waals surface area contributed by atoms with E-state index in [2.05, 4.69) is 0 Å². The molecule has 1 aliphatic rings. The highest BCUT2D eigenvalue weighted by molar-refractivity contribution is 7.45. The molecule has 2 unspecified atom stereocenters. The van der Waals surface area contributed by atoms with Crippen LogP contribution >= 0.6 is 7.80 Å². The van der Waals surface area contributed by atoms with Gasteiger partial charge in [0.25, 0.3) is 5.85 Å². The molecule has 40 valence electrons. The van der Waals surface area contributed by atoms with Crippen LogP contribution in [-0.4, -0.2) is 18.6 Å². The Hall–Kier alpha value is 0.0600. The number of rotatable bonds is 2. The molecule has 0 aromatic heterocycles. The summed E-state index contributed by atoms with van der Waals surface area (Å²) in [7, 11) is -0.998. The third kappa shape index (κ3) is 1.22. The van der Waals surface area contributed by atoms with Gasteiger partial charge in [0.1, 0.15) is 12.8 Å². The molecule has 0 radical (unpaired) electrons. The first-order chi connectivity index (χ1) is 3.34. The molecule has 0 aliphatic carbocycles. The molecule has 3 heteroatoms. The Morgan fingerprint density at radius 3 is 2.71 bits per heavy atom. The summed E-state index contributed by atoms with van der Waals surface area (Å²) < 4.78 is 15.4. The molecule has 7 heavy (non-hydrogen) atoms. The van der Waals surface area contributed by atoms with Crippen molar-refractivity contribution in [3.05, 3.63) is 0 Å². The van der Waals surface area contributed by atoms with Gasteiger partial charge >= 0.3 is 7.80 Å². The zero-order chi connectivity index (χ0) is 5.28. The van der Waals surface area contributed by atoms with Crippen molar-refractivity contribution in [2.75, 3.05) is 12.8 Å². The quantitative estimate of drug-likeness (QED) is 0.403. The molecule has 1 heterocycles. The Morgan fingerprint density at radius 2 is 2.57 bits per heavy atom. The molecule has 1 fully saturated rings. The van der Waals surface area contributed by atoms with Gasteiger partial charge in [0.2, 0.25) is 0 Å². The lowest BCUT2D eigenvalue weighted by molar-refractivity contribution is 0.449. The topological polar surface area (TPSA) is 29.6 Å². The summed E-state index contributed by atoms with van der Waals surface area (Å²) in [5, 5.41) is 0. The van der Waals surface area contributed by atoms with Crippen molar-refractivity contribution < 1.29 is 9.30 Å². The van der Waals surface area contributed by atoms with Gasteiger partial charge in [-0.3, -0.25) is 0 Å². The van der Waals surface area contributed by atoms with Gasteiger partial charge in [-0.25, -0.2) is 0 Å². The SMILES string of the molecule is CC[P+](=O)C1CO1. The van der Waals surface area contributed by atoms with Crippen LogP contribution in [0.4, 0.5) is 0 Å². The van der Waals surface area contributed by atoms with E-state index in [0.717, 1.165) is 12.8 Å². The third-order valence-electron chi connectivity index (χ3n) is 0.949. The van der Waals surface area contributed by atoms with Crippen molar-refractivity contribution in [1.29, 1.82) is 0 Å². The fraction of sp³-hybridized carbons (Fsp3) is 1.00. The van der Waals surface area contributed by atoms with E-state index in [-0.39, 0.29) is 5.85 Å². The van der Waals surface area contributed by atoms with E-state index in [4.69, 9.17) is 4.74 Å². The number of hydrogen-bond donors (Lipinski definition) is 0. The van der Waals surface area contributed by atoms with Crippen LogP contribution < -0.4 is 0 Å². The molecule has 0 saturated carbocycles. The van der Waals surface area contributed by atoms with E-state index in [9.17, 15) is 4.57 Å². The summed E-state index contributed by atoms with van der Waals surface area (Å²) in [6.45, 7) is 2.64. The summed E-state index contributed by atoms with van der Waals surface area (Å²) in [5.41, 5.74) is 0. The van der Waals surface area contributed by atoms with Crippen molar-refractivity contribution in [3.63, 3.8) is 0 Å². The van der Waals surface area contributed by atoms with E-state index in [1.165, 1.54) is 0 Å². The summed E-state index contributed by atoms with van der Waals surface area (Å²) in [4.78, 5) is 0. The zero-order valence-electron chi connectivity index (χ0n) is 4.26. The highest BCUT2D eigenvalue weighted by atomic mass is 31.1. The molecular weight excluding hydrogens is 111 g/mol. The predicted molar refractivity (Wildman–Crippen MR) is 27.9 cm³/mol. The lowest BCUT2D eigenvalue weighted by Crippen LogP contribution is -1.74. The van der Waals surface area contributed by atoms with E-state index in [1.807, 2.05) is 6.92 Å². The Morgan fingerprint density at radius 1 is 2.00 bits per heavy atom. The number of hydrogen-bond acceptors (Lipinski definition) is 2. The van der Waals surface area contributed by atoms with Crippen molar-refractivity contribution >= 4 is 7.80 Å². The third-order valence-corrected chi connectivity index (χ3v) is 2.51. The second-order valence-corrected chi connectivity index (χ2v) is 3.56. The molecule has 1 aliphatic heterocycles. The Bertz CT molecular complexity index is 87.7. The van der Waals surface area contributed by atoms with E-state index in [0.29, 0.717) is 0 Å². The highest BCUT2D eigenvalue weighted by Crippen LogP contribution is 2.36. The van der Waals surface area contributed by atoms with Crippen molar-refractivity contribution in [1.82, 2.24) is 0 Å². The Kier molecular flexibility index (Phi) is 1.40. The van der Waals surface area contributed by atoms with E-state index in [1.54, 1.807) is 0 Å². The van der Waals surface area contributed by atoms with Crippen LogP contribution in [0.2, 0.25) is 0 Å². The lowest BCUT2D eigenvalue weighted by atomic mass is 11.0. The molecule has 2 atom stereocenters. The van der Waals surface area contributed by atoms with Gasteiger partial charge in [-0.15, -0.1) is 0 Å². The van der Waals surface area contributed by atoms with E-state index >= 15 is 0 Å². The molecule has 0 aromatic carbocycles. The van der Waals surface area contributed by atoms with Gasteiger partial charge < -0.3 is 4.74 Å². The lowest BCUT2D eigenvalue weighted by Gasteiger charge is -1.66. The van der Waals surface area contributed by atoms with Crippen LogP contribution in [0.1, 0.15) is 6.92 Å². The van der Waals surface area contributed by atoms with Gasteiger partial charge in [-0.1, -0.05) is 4.57 Å². The summed E-state index contributed by atoms with van der Waals surface area (Å²) in [6, 6.07) is 0. The number of epoxide rings is 1. The predicted octanol–water partition coefficient (Wildman–Crippen LogP) is 1.19. The van der Waals surface area contributed by atoms with Gasteiger partial charge in [0.05, 0.1) is 0 Å². The van der Waals surface area contributed by atoms with Crippen molar-refractivity contribution in [3.8, 4) is 0 Å². The molecule has 0 aromatic rings. The zero-order valence-corrected chi connectivity index (χ0v) is 5.15. The minimum Gasteiger partial charge on any atom is -0.326 e. The fourth-order valence-electron chi connectivity index (χ4n) is 0.413. The normalized spacial score (nSPS) is 29.9. The molecule has 0 spiro atoms. The minimum absolute atomic E-state index is 0.125.